The number of hydrogen-bond acceptors (Lipinski definition) is 2. The summed E-state index contributed by atoms with van der Waals surface area (Å²) in [6.07, 6.45) is 0.477. The summed E-state index contributed by atoms with van der Waals surface area (Å²) in [6, 6.07) is 4.27. The van der Waals surface area contributed by atoms with Crippen LogP contribution in [-0.4, -0.2) is 16.8 Å². The zero-order chi connectivity index (χ0) is 14.9. The predicted molar refractivity (Wildman–Crippen MR) is 74.5 cm³/mol. The van der Waals surface area contributed by atoms with E-state index in [4.69, 9.17) is 0 Å². The van der Waals surface area contributed by atoms with E-state index in [2.05, 4.69) is 10.4 Å². The molecule has 1 aromatic carbocycles. The lowest BCUT2D eigenvalue weighted by Crippen LogP contribution is -2.23. The van der Waals surface area contributed by atoms with Gasteiger partial charge in [0.25, 0.3) is 0 Å². The van der Waals surface area contributed by atoms with Crippen LogP contribution in [0.4, 0.5) is 8.78 Å². The molecule has 2 aromatic rings. The van der Waals surface area contributed by atoms with Gasteiger partial charge in [0.1, 0.15) is 11.6 Å². The van der Waals surface area contributed by atoms with Crippen molar-refractivity contribution >= 4 is 0 Å². The fourth-order valence-electron chi connectivity index (χ4n) is 2.41. The molecule has 0 fully saturated rings. The number of nitrogens with one attached hydrogen (secondary N) is 1. The van der Waals surface area contributed by atoms with Gasteiger partial charge in [0.2, 0.25) is 0 Å². The fraction of sp³-hybridized carbons (Fsp3) is 0.400. The molecule has 108 valence electrons. The Labute approximate surface area is 117 Å². The monoisotopic (exact) mass is 279 g/mol. The summed E-state index contributed by atoms with van der Waals surface area (Å²) in [5, 5.41) is 7.25. The molecule has 1 aromatic heterocycles. The highest BCUT2D eigenvalue weighted by atomic mass is 19.1. The Bertz CT molecular complexity index is 620. The van der Waals surface area contributed by atoms with E-state index in [-0.39, 0.29) is 5.56 Å². The number of likely N-dealkylation sites (N-methyl/N-ethyl adjacent to an activating group) is 1. The first-order chi connectivity index (χ1) is 9.43. The van der Waals surface area contributed by atoms with E-state index >= 15 is 0 Å². The molecule has 0 amide bonds. The van der Waals surface area contributed by atoms with E-state index in [1.807, 2.05) is 20.0 Å². The first-order valence-corrected chi connectivity index (χ1v) is 6.55. The van der Waals surface area contributed by atoms with Crippen molar-refractivity contribution in [2.45, 2.75) is 26.3 Å². The Morgan fingerprint density at radius 2 is 2.00 bits per heavy atom. The number of nitrogens with zero attached hydrogens (tertiary/aromatic N) is 2. The molecular weight excluding hydrogens is 260 g/mol. The first-order valence-electron chi connectivity index (χ1n) is 6.55. The van der Waals surface area contributed by atoms with E-state index in [9.17, 15) is 8.78 Å². The van der Waals surface area contributed by atoms with Crippen LogP contribution in [0.1, 0.15) is 28.6 Å². The minimum atomic E-state index is -0.522. The topological polar surface area (TPSA) is 29.9 Å². The molecular formula is C15H19F2N3. The van der Waals surface area contributed by atoms with Gasteiger partial charge in [-0.25, -0.2) is 8.78 Å². The minimum absolute atomic E-state index is 0.0892. The lowest BCUT2D eigenvalue weighted by Gasteiger charge is -2.19. The summed E-state index contributed by atoms with van der Waals surface area (Å²) < 4.78 is 29.9. The quantitative estimate of drug-likeness (QED) is 0.932. The van der Waals surface area contributed by atoms with Gasteiger partial charge in [0.05, 0.1) is 5.69 Å². The van der Waals surface area contributed by atoms with Crippen LogP contribution in [0.3, 0.4) is 0 Å². The fourth-order valence-corrected chi connectivity index (χ4v) is 2.41. The average molecular weight is 279 g/mol. The lowest BCUT2D eigenvalue weighted by molar-refractivity contribution is 0.478. The molecule has 0 aliphatic carbocycles. The normalized spacial score (nSPS) is 12.7. The van der Waals surface area contributed by atoms with Crippen LogP contribution in [0.2, 0.25) is 0 Å². The molecule has 0 aliphatic heterocycles. The van der Waals surface area contributed by atoms with Crippen molar-refractivity contribution in [3.05, 3.63) is 52.3 Å². The summed E-state index contributed by atoms with van der Waals surface area (Å²) in [5.74, 6) is -1.01. The number of hydrogen-bond donors (Lipinski definition) is 1. The Balaban J connectivity index is 2.38. The van der Waals surface area contributed by atoms with Crippen molar-refractivity contribution in [2.24, 2.45) is 7.05 Å². The summed E-state index contributed by atoms with van der Waals surface area (Å²) in [7, 11) is 3.53. The second kappa shape index (κ2) is 5.71. The van der Waals surface area contributed by atoms with Crippen LogP contribution >= 0.6 is 0 Å². The maximum Gasteiger partial charge on any atom is 0.133 e. The van der Waals surface area contributed by atoms with Gasteiger partial charge in [-0.1, -0.05) is 6.07 Å². The van der Waals surface area contributed by atoms with Crippen molar-refractivity contribution in [1.29, 1.82) is 0 Å². The Morgan fingerprint density at radius 3 is 2.55 bits per heavy atom. The third kappa shape index (κ3) is 2.72. The van der Waals surface area contributed by atoms with Crippen molar-refractivity contribution in [3.8, 4) is 0 Å². The second-order valence-corrected chi connectivity index (χ2v) is 5.04. The van der Waals surface area contributed by atoms with Gasteiger partial charge >= 0.3 is 0 Å². The summed E-state index contributed by atoms with van der Waals surface area (Å²) in [4.78, 5) is 0. The summed E-state index contributed by atoms with van der Waals surface area (Å²) >= 11 is 0. The zero-order valence-electron chi connectivity index (χ0n) is 12.2. The molecule has 0 spiro atoms. The summed E-state index contributed by atoms with van der Waals surface area (Å²) in [6.45, 7) is 3.53. The average Bonchev–Trinajstić information content (AvgIpc) is 2.71. The van der Waals surface area contributed by atoms with Crippen molar-refractivity contribution in [2.75, 3.05) is 7.05 Å². The van der Waals surface area contributed by atoms with Crippen molar-refractivity contribution < 1.29 is 8.78 Å². The molecule has 0 radical (unpaired) electrons. The minimum Gasteiger partial charge on any atom is -0.312 e. The molecule has 3 nitrogen and oxygen atoms in total. The maximum absolute atomic E-state index is 14.2. The standard InChI is InChI=1S/C15H19F2N3/c1-9-5-6-12(16)14(15(9)17)13(18-3)8-11-7-10(2)19-20(11)4/h5-7,13,18H,8H2,1-4H3. The number of aryl methyl sites for hydroxylation is 3. The van der Waals surface area contributed by atoms with E-state index in [0.29, 0.717) is 12.0 Å². The third-order valence-electron chi connectivity index (χ3n) is 3.53. The molecule has 20 heavy (non-hydrogen) atoms. The van der Waals surface area contributed by atoms with Crippen molar-refractivity contribution in [3.63, 3.8) is 0 Å². The van der Waals surface area contributed by atoms with E-state index in [0.717, 1.165) is 11.4 Å². The van der Waals surface area contributed by atoms with Crippen LogP contribution in [-0.2, 0) is 13.5 Å². The van der Waals surface area contributed by atoms with Crippen LogP contribution < -0.4 is 5.32 Å². The molecule has 2 rings (SSSR count). The highest BCUT2D eigenvalue weighted by Gasteiger charge is 2.21. The van der Waals surface area contributed by atoms with Gasteiger partial charge in [0, 0.05) is 30.8 Å². The lowest BCUT2D eigenvalue weighted by atomic mass is 9.98. The SMILES string of the molecule is CNC(Cc1cc(C)nn1C)c1c(F)ccc(C)c1F. The number of aromatic nitrogens is 2. The number of rotatable bonds is 4. The largest absolute Gasteiger partial charge is 0.312 e. The van der Waals surface area contributed by atoms with E-state index < -0.39 is 17.7 Å². The molecule has 5 heteroatoms. The van der Waals surface area contributed by atoms with Gasteiger partial charge in [-0.15, -0.1) is 0 Å². The number of benzene rings is 1. The Kier molecular flexibility index (Phi) is 4.18. The maximum atomic E-state index is 14.2. The Hall–Kier alpha value is -1.75. The van der Waals surface area contributed by atoms with Gasteiger partial charge in [0.15, 0.2) is 0 Å². The van der Waals surface area contributed by atoms with E-state index in [1.54, 1.807) is 18.7 Å². The predicted octanol–water partition coefficient (Wildman–Crippen LogP) is 2.82. The van der Waals surface area contributed by atoms with Crippen LogP contribution in [0.5, 0.6) is 0 Å². The van der Waals surface area contributed by atoms with Gasteiger partial charge in [-0.2, -0.15) is 5.10 Å². The van der Waals surface area contributed by atoms with E-state index in [1.165, 1.54) is 12.1 Å². The highest BCUT2D eigenvalue weighted by molar-refractivity contribution is 5.30. The number of halogens is 2. The molecule has 1 heterocycles. The molecule has 0 aliphatic rings. The van der Waals surface area contributed by atoms with Crippen LogP contribution in [0, 0.1) is 25.5 Å². The molecule has 0 saturated carbocycles. The molecule has 0 saturated heterocycles. The van der Waals surface area contributed by atoms with Crippen LogP contribution in [0.15, 0.2) is 18.2 Å². The highest BCUT2D eigenvalue weighted by Crippen LogP contribution is 2.26. The Morgan fingerprint density at radius 1 is 1.30 bits per heavy atom. The molecule has 0 bridgehead atoms. The van der Waals surface area contributed by atoms with Gasteiger partial charge < -0.3 is 5.32 Å². The van der Waals surface area contributed by atoms with Crippen molar-refractivity contribution in [1.82, 2.24) is 15.1 Å². The second-order valence-electron chi connectivity index (χ2n) is 5.04. The summed E-state index contributed by atoms with van der Waals surface area (Å²) in [5.41, 5.74) is 2.36. The van der Waals surface area contributed by atoms with Gasteiger partial charge in [-0.3, -0.25) is 4.68 Å². The zero-order valence-corrected chi connectivity index (χ0v) is 12.2. The molecule has 1 atom stereocenters. The molecule has 1 N–H and O–H groups in total. The smallest absolute Gasteiger partial charge is 0.133 e. The van der Waals surface area contributed by atoms with Crippen LogP contribution in [0.25, 0.3) is 0 Å². The first kappa shape index (κ1) is 14.7. The molecule has 1 unspecified atom stereocenters. The third-order valence-corrected chi connectivity index (χ3v) is 3.53. The van der Waals surface area contributed by atoms with Gasteiger partial charge in [-0.05, 0) is 38.6 Å².